The van der Waals surface area contributed by atoms with Crippen molar-refractivity contribution in [3.05, 3.63) is 65.7 Å². The van der Waals surface area contributed by atoms with Gasteiger partial charge in [-0.25, -0.2) is 0 Å². The van der Waals surface area contributed by atoms with E-state index in [0.29, 0.717) is 12.3 Å². The van der Waals surface area contributed by atoms with E-state index in [0.717, 1.165) is 37.3 Å². The fourth-order valence-corrected chi connectivity index (χ4v) is 6.90. The number of benzene rings is 2. The summed E-state index contributed by atoms with van der Waals surface area (Å²) in [5.74, 6) is 2.26. The molecule has 3 heterocycles. The van der Waals surface area contributed by atoms with E-state index in [1.165, 1.54) is 21.6 Å². The number of rotatable bonds is 2. The van der Waals surface area contributed by atoms with Gasteiger partial charge in [0.2, 0.25) is 12.7 Å². The second-order valence-corrected chi connectivity index (χ2v) is 9.78. The van der Waals surface area contributed by atoms with Crippen LogP contribution in [0.2, 0.25) is 0 Å². The number of thioether (sulfide) groups is 1. The molecular weight excluding hydrogens is 382 g/mol. The van der Waals surface area contributed by atoms with E-state index in [1.807, 2.05) is 17.8 Å². The summed E-state index contributed by atoms with van der Waals surface area (Å²) >= 11 is 1.83. The van der Waals surface area contributed by atoms with E-state index >= 15 is 0 Å². The smallest absolute Gasteiger partial charge is 0.231 e. The van der Waals surface area contributed by atoms with Crippen LogP contribution in [-0.4, -0.2) is 24.1 Å². The molecule has 2 fully saturated rings. The van der Waals surface area contributed by atoms with Crippen LogP contribution in [0.5, 0.6) is 11.5 Å². The van der Waals surface area contributed by atoms with E-state index in [9.17, 15) is 4.79 Å². The van der Waals surface area contributed by atoms with Gasteiger partial charge in [0, 0.05) is 17.9 Å². The molecular formula is C24H23NO3S. The highest BCUT2D eigenvalue weighted by atomic mass is 32.2. The summed E-state index contributed by atoms with van der Waals surface area (Å²) in [5.41, 5.74) is 3.52. The lowest BCUT2D eigenvalue weighted by atomic mass is 9.65. The van der Waals surface area contributed by atoms with E-state index in [4.69, 9.17) is 9.47 Å². The molecule has 6 rings (SSSR count). The Kier molecular flexibility index (Phi) is 3.79. The van der Waals surface area contributed by atoms with Crippen LogP contribution in [0.1, 0.15) is 42.1 Å². The second kappa shape index (κ2) is 6.30. The first-order valence-electron chi connectivity index (χ1n) is 10.3. The number of carbonyl (C=O) groups is 1. The van der Waals surface area contributed by atoms with Crippen LogP contribution in [-0.2, 0) is 10.3 Å². The van der Waals surface area contributed by atoms with Crippen LogP contribution in [0, 0.1) is 5.92 Å². The van der Waals surface area contributed by atoms with Crippen molar-refractivity contribution in [3.8, 4) is 11.5 Å². The van der Waals surface area contributed by atoms with Crippen molar-refractivity contribution in [1.82, 2.24) is 4.90 Å². The van der Waals surface area contributed by atoms with Gasteiger partial charge in [-0.3, -0.25) is 4.79 Å². The fraction of sp³-hybridized carbons (Fsp3) is 0.375. The van der Waals surface area contributed by atoms with Gasteiger partial charge >= 0.3 is 0 Å². The number of amides is 1. The maximum atomic E-state index is 13.1. The maximum Gasteiger partial charge on any atom is 0.231 e. The molecule has 5 heteroatoms. The predicted molar refractivity (Wildman–Crippen MR) is 112 cm³/mol. The molecule has 3 atom stereocenters. The van der Waals surface area contributed by atoms with Crippen molar-refractivity contribution < 1.29 is 14.3 Å². The van der Waals surface area contributed by atoms with Gasteiger partial charge in [0.05, 0.1) is 10.8 Å². The van der Waals surface area contributed by atoms with Crippen LogP contribution in [0.4, 0.5) is 0 Å². The number of fused-ring (bicyclic) bond motifs is 2. The Morgan fingerprint density at radius 2 is 1.93 bits per heavy atom. The minimum atomic E-state index is -0.267. The van der Waals surface area contributed by atoms with Crippen molar-refractivity contribution in [2.45, 2.75) is 41.4 Å². The Bertz CT molecular complexity index is 1020. The van der Waals surface area contributed by atoms with Crippen LogP contribution >= 0.6 is 11.8 Å². The summed E-state index contributed by atoms with van der Waals surface area (Å²) in [7, 11) is 0. The molecule has 1 saturated carbocycles. The topological polar surface area (TPSA) is 38.8 Å². The third-order valence-corrected chi connectivity index (χ3v) is 8.20. The third kappa shape index (κ3) is 2.49. The molecule has 0 aromatic heterocycles. The monoisotopic (exact) mass is 405 g/mol. The summed E-state index contributed by atoms with van der Waals surface area (Å²) in [5, 5.41) is 0.172. The number of hydrogen-bond donors (Lipinski definition) is 0. The standard InChI is InChI=1S/C24H23NO3S/c1-15-7-8-16-9-23(26)25-13-22(29-17-5-3-2-4-6-17)18-10-20-21(28-14-27-20)11-19(18)24(16,25)12-15/h2-6,10-11,16,22H,1,7-9,12-14H2/t16-,22-,24-/m1/s1. The third-order valence-electron chi connectivity index (χ3n) is 6.97. The summed E-state index contributed by atoms with van der Waals surface area (Å²) in [6, 6.07) is 14.8. The quantitative estimate of drug-likeness (QED) is 0.656. The van der Waals surface area contributed by atoms with Crippen molar-refractivity contribution >= 4 is 17.7 Å². The second-order valence-electron chi connectivity index (χ2n) is 8.51. The number of ether oxygens (including phenoxy) is 2. The first-order chi connectivity index (χ1) is 14.1. The Hall–Kier alpha value is -2.40. The minimum Gasteiger partial charge on any atom is -0.454 e. The molecule has 148 valence electrons. The molecule has 0 radical (unpaired) electrons. The highest BCUT2D eigenvalue weighted by Gasteiger charge is 2.59. The van der Waals surface area contributed by atoms with Gasteiger partial charge in [0.1, 0.15) is 0 Å². The van der Waals surface area contributed by atoms with Crippen molar-refractivity contribution in [1.29, 1.82) is 0 Å². The zero-order valence-corrected chi connectivity index (χ0v) is 17.0. The molecule has 2 aromatic carbocycles. The lowest BCUT2D eigenvalue weighted by Crippen LogP contribution is -2.53. The lowest BCUT2D eigenvalue weighted by molar-refractivity contribution is -0.132. The average Bonchev–Trinajstić information content (AvgIpc) is 3.29. The largest absolute Gasteiger partial charge is 0.454 e. The van der Waals surface area contributed by atoms with Gasteiger partial charge < -0.3 is 14.4 Å². The molecule has 2 aromatic rings. The number of carbonyl (C=O) groups excluding carboxylic acids is 1. The normalized spacial score (nSPS) is 29.4. The van der Waals surface area contributed by atoms with Gasteiger partial charge in [-0.15, -0.1) is 11.8 Å². The zero-order chi connectivity index (χ0) is 19.6. The Labute approximate surface area is 174 Å². The Morgan fingerprint density at radius 1 is 1.14 bits per heavy atom. The fourth-order valence-electron chi connectivity index (χ4n) is 5.71. The Morgan fingerprint density at radius 3 is 2.76 bits per heavy atom. The SMILES string of the molecule is C=C1CC[C@@H]2CC(=O)N3C[C@@H](Sc4ccccc4)c4cc5c(cc4[C@@]23C1)OCO5. The highest BCUT2D eigenvalue weighted by Crippen LogP contribution is 2.60. The van der Waals surface area contributed by atoms with Gasteiger partial charge in [-0.2, -0.15) is 0 Å². The van der Waals surface area contributed by atoms with Crippen molar-refractivity contribution in [2.24, 2.45) is 5.92 Å². The minimum absolute atomic E-state index is 0.172. The molecule has 4 aliphatic rings. The van der Waals surface area contributed by atoms with E-state index in [-0.39, 0.29) is 23.5 Å². The molecule has 0 N–H and O–H groups in total. The van der Waals surface area contributed by atoms with Crippen LogP contribution in [0.25, 0.3) is 0 Å². The van der Waals surface area contributed by atoms with Gasteiger partial charge in [0.25, 0.3) is 0 Å². The van der Waals surface area contributed by atoms with E-state index in [2.05, 4.69) is 47.9 Å². The Balaban J connectivity index is 1.53. The molecule has 1 saturated heterocycles. The van der Waals surface area contributed by atoms with E-state index in [1.54, 1.807) is 0 Å². The highest BCUT2D eigenvalue weighted by molar-refractivity contribution is 7.99. The molecule has 1 amide bonds. The zero-order valence-electron chi connectivity index (χ0n) is 16.2. The summed E-state index contributed by atoms with van der Waals surface area (Å²) in [6.07, 6.45) is 3.56. The number of hydrogen-bond acceptors (Lipinski definition) is 4. The summed E-state index contributed by atoms with van der Waals surface area (Å²) in [4.78, 5) is 16.5. The number of nitrogens with zero attached hydrogens (tertiary/aromatic N) is 1. The molecule has 29 heavy (non-hydrogen) atoms. The lowest BCUT2D eigenvalue weighted by Gasteiger charge is -2.51. The average molecular weight is 406 g/mol. The summed E-state index contributed by atoms with van der Waals surface area (Å²) in [6.45, 7) is 5.31. The van der Waals surface area contributed by atoms with E-state index < -0.39 is 0 Å². The molecule has 4 nitrogen and oxygen atoms in total. The van der Waals surface area contributed by atoms with Crippen LogP contribution in [0.15, 0.2) is 59.5 Å². The van der Waals surface area contributed by atoms with Crippen molar-refractivity contribution in [2.75, 3.05) is 13.3 Å². The molecule has 1 aliphatic carbocycles. The molecule has 3 aliphatic heterocycles. The predicted octanol–water partition coefficient (Wildman–Crippen LogP) is 5.05. The van der Waals surface area contributed by atoms with Gasteiger partial charge in [-0.1, -0.05) is 30.4 Å². The summed E-state index contributed by atoms with van der Waals surface area (Å²) < 4.78 is 11.5. The van der Waals surface area contributed by atoms with Gasteiger partial charge in [-0.05, 0) is 60.6 Å². The van der Waals surface area contributed by atoms with Gasteiger partial charge in [0.15, 0.2) is 11.5 Å². The molecule has 0 bridgehead atoms. The first-order valence-corrected chi connectivity index (χ1v) is 11.2. The first kappa shape index (κ1) is 17.5. The maximum absolute atomic E-state index is 13.1. The molecule has 1 spiro atoms. The van der Waals surface area contributed by atoms with Crippen molar-refractivity contribution in [3.63, 3.8) is 0 Å². The van der Waals surface area contributed by atoms with Crippen LogP contribution < -0.4 is 9.47 Å². The molecule has 0 unspecified atom stereocenters. The van der Waals surface area contributed by atoms with Crippen LogP contribution in [0.3, 0.4) is 0 Å².